The van der Waals surface area contributed by atoms with E-state index < -0.39 is 11.6 Å². The van der Waals surface area contributed by atoms with Gasteiger partial charge in [0.05, 0.1) is 12.3 Å². The Hall–Kier alpha value is -1.20. The van der Waals surface area contributed by atoms with E-state index in [1.807, 2.05) is 6.92 Å². The minimum absolute atomic E-state index is 0.233. The van der Waals surface area contributed by atoms with Gasteiger partial charge in [0.15, 0.2) is 16.3 Å². The molecule has 0 saturated carbocycles. The molecule has 1 aromatic heterocycles. The lowest BCUT2D eigenvalue weighted by Gasteiger charge is -2.18. The highest BCUT2D eigenvalue weighted by atomic mass is 79.9. The van der Waals surface area contributed by atoms with E-state index in [1.165, 1.54) is 6.07 Å². The Morgan fingerprint density at radius 1 is 1.26 bits per heavy atom. The zero-order chi connectivity index (χ0) is 13.8. The van der Waals surface area contributed by atoms with E-state index in [2.05, 4.69) is 21.2 Å². The number of rotatable bonds is 5. The third-order valence-corrected chi connectivity index (χ3v) is 3.48. The Balaban J connectivity index is 2.37. The van der Waals surface area contributed by atoms with Gasteiger partial charge in [-0.05, 0) is 52.7 Å². The predicted octanol–water partition coefficient (Wildman–Crippen LogP) is 4.41. The molecule has 19 heavy (non-hydrogen) atoms. The van der Waals surface area contributed by atoms with Crippen LogP contribution in [0.15, 0.2) is 39.6 Å². The van der Waals surface area contributed by atoms with Gasteiger partial charge in [0, 0.05) is 5.56 Å². The fraction of sp³-hybridized carbons (Fsp3) is 0.286. The van der Waals surface area contributed by atoms with Crippen LogP contribution in [-0.2, 0) is 0 Å². The van der Waals surface area contributed by atoms with Crippen molar-refractivity contribution < 1.29 is 13.2 Å². The molecule has 0 saturated heterocycles. The van der Waals surface area contributed by atoms with Gasteiger partial charge in [-0.3, -0.25) is 0 Å². The van der Waals surface area contributed by atoms with Crippen LogP contribution in [0.5, 0.6) is 0 Å². The van der Waals surface area contributed by atoms with Crippen LogP contribution >= 0.6 is 15.9 Å². The first-order valence-electron chi connectivity index (χ1n) is 6.04. The molecule has 102 valence electrons. The van der Waals surface area contributed by atoms with Crippen molar-refractivity contribution in [3.05, 3.63) is 58.0 Å². The summed E-state index contributed by atoms with van der Waals surface area (Å²) >= 11 is 3.31. The van der Waals surface area contributed by atoms with Crippen molar-refractivity contribution in [3.63, 3.8) is 0 Å². The second-order valence-corrected chi connectivity index (χ2v) is 4.93. The first-order chi connectivity index (χ1) is 9.13. The predicted molar refractivity (Wildman–Crippen MR) is 72.9 cm³/mol. The summed E-state index contributed by atoms with van der Waals surface area (Å²) in [7, 11) is 0. The van der Waals surface area contributed by atoms with Crippen molar-refractivity contribution in [2.24, 2.45) is 0 Å². The summed E-state index contributed by atoms with van der Waals surface area (Å²) in [5, 5.41) is 3.30. The highest BCUT2D eigenvalue weighted by Gasteiger charge is 2.19. The summed E-state index contributed by atoms with van der Waals surface area (Å²) in [6.45, 7) is 2.81. The highest BCUT2D eigenvalue weighted by molar-refractivity contribution is 9.10. The first-order valence-corrected chi connectivity index (χ1v) is 6.84. The van der Waals surface area contributed by atoms with Gasteiger partial charge >= 0.3 is 0 Å². The molecule has 1 N–H and O–H groups in total. The maximum atomic E-state index is 13.4. The Bertz CT molecular complexity index is 556. The van der Waals surface area contributed by atoms with E-state index in [4.69, 9.17) is 4.42 Å². The molecule has 0 fully saturated rings. The summed E-state index contributed by atoms with van der Waals surface area (Å²) in [6, 6.07) is 5.49. The molecule has 0 spiro atoms. The second-order valence-electron chi connectivity index (χ2n) is 4.21. The molecule has 2 aromatic rings. The quantitative estimate of drug-likeness (QED) is 0.878. The lowest BCUT2D eigenvalue weighted by molar-refractivity contribution is 0.500. The lowest BCUT2D eigenvalue weighted by atomic mass is 10.0. The molecule has 2 nitrogen and oxygen atoms in total. The van der Waals surface area contributed by atoms with Gasteiger partial charge in [0.1, 0.15) is 0 Å². The van der Waals surface area contributed by atoms with Crippen LogP contribution in [0.3, 0.4) is 0 Å². The van der Waals surface area contributed by atoms with Crippen molar-refractivity contribution in [2.45, 2.75) is 19.4 Å². The number of benzene rings is 1. The fourth-order valence-electron chi connectivity index (χ4n) is 1.90. The summed E-state index contributed by atoms with van der Waals surface area (Å²) in [5.41, 5.74) is 1.52. The van der Waals surface area contributed by atoms with Gasteiger partial charge in [0.2, 0.25) is 0 Å². The Kier molecular flexibility index (Phi) is 4.71. The molecule has 0 aliphatic carbocycles. The lowest BCUT2D eigenvalue weighted by Crippen LogP contribution is -2.23. The zero-order valence-electron chi connectivity index (χ0n) is 10.4. The van der Waals surface area contributed by atoms with E-state index in [-0.39, 0.29) is 6.04 Å². The van der Waals surface area contributed by atoms with Crippen LogP contribution in [0.4, 0.5) is 8.78 Å². The minimum Gasteiger partial charge on any atom is -0.457 e. The molecular formula is C14H14BrF2NO. The molecule has 1 atom stereocenters. The molecular weight excluding hydrogens is 316 g/mol. The van der Waals surface area contributed by atoms with Gasteiger partial charge in [-0.1, -0.05) is 13.0 Å². The van der Waals surface area contributed by atoms with Gasteiger partial charge in [-0.25, -0.2) is 8.78 Å². The number of hydrogen-bond donors (Lipinski definition) is 1. The van der Waals surface area contributed by atoms with Gasteiger partial charge in [-0.2, -0.15) is 0 Å². The van der Waals surface area contributed by atoms with Crippen molar-refractivity contribution in [3.8, 4) is 0 Å². The zero-order valence-corrected chi connectivity index (χ0v) is 12.0. The Labute approximate surface area is 118 Å². The van der Waals surface area contributed by atoms with Crippen LogP contribution in [0, 0.1) is 11.6 Å². The van der Waals surface area contributed by atoms with Crippen LogP contribution in [0.25, 0.3) is 0 Å². The van der Waals surface area contributed by atoms with Crippen molar-refractivity contribution in [1.29, 1.82) is 0 Å². The maximum absolute atomic E-state index is 13.4. The number of hydrogen-bond acceptors (Lipinski definition) is 2. The maximum Gasteiger partial charge on any atom is 0.174 e. The fourth-order valence-corrected chi connectivity index (χ4v) is 2.37. The molecule has 0 aliphatic rings. The van der Waals surface area contributed by atoms with Gasteiger partial charge < -0.3 is 9.73 Å². The third-order valence-electron chi connectivity index (χ3n) is 2.83. The van der Waals surface area contributed by atoms with E-state index in [1.54, 1.807) is 18.4 Å². The summed E-state index contributed by atoms with van der Waals surface area (Å²) in [4.78, 5) is 0. The largest absolute Gasteiger partial charge is 0.457 e. The molecule has 1 unspecified atom stereocenters. The van der Waals surface area contributed by atoms with Crippen LogP contribution in [-0.4, -0.2) is 6.54 Å². The summed E-state index contributed by atoms with van der Waals surface area (Å²) in [5.74, 6) is -1.69. The SMILES string of the molecule is CCCNC(c1ccc(F)c(F)c1)c1ccoc1Br. The molecule has 5 heteroatoms. The van der Waals surface area contributed by atoms with Crippen LogP contribution in [0.2, 0.25) is 0 Å². The minimum atomic E-state index is -0.847. The Morgan fingerprint density at radius 3 is 2.63 bits per heavy atom. The molecule has 0 amide bonds. The summed E-state index contributed by atoms with van der Waals surface area (Å²) < 4.78 is 32.2. The van der Waals surface area contributed by atoms with Crippen LogP contribution in [0.1, 0.15) is 30.5 Å². The number of nitrogens with one attached hydrogen (secondary N) is 1. The average Bonchev–Trinajstić information content (AvgIpc) is 2.80. The normalized spacial score (nSPS) is 12.6. The smallest absolute Gasteiger partial charge is 0.174 e. The third kappa shape index (κ3) is 3.22. The topological polar surface area (TPSA) is 25.2 Å². The van der Waals surface area contributed by atoms with E-state index in [9.17, 15) is 8.78 Å². The number of halogens is 3. The highest BCUT2D eigenvalue weighted by Crippen LogP contribution is 2.30. The molecule has 0 aliphatic heterocycles. The van der Waals surface area contributed by atoms with Crippen molar-refractivity contribution in [2.75, 3.05) is 6.54 Å². The van der Waals surface area contributed by atoms with Crippen LogP contribution < -0.4 is 5.32 Å². The monoisotopic (exact) mass is 329 g/mol. The van der Waals surface area contributed by atoms with Gasteiger partial charge in [0.25, 0.3) is 0 Å². The molecule has 1 heterocycles. The van der Waals surface area contributed by atoms with Crippen molar-refractivity contribution >= 4 is 15.9 Å². The Morgan fingerprint density at radius 2 is 2.05 bits per heavy atom. The molecule has 0 radical (unpaired) electrons. The van der Waals surface area contributed by atoms with E-state index >= 15 is 0 Å². The van der Waals surface area contributed by atoms with E-state index in [0.29, 0.717) is 10.2 Å². The van der Waals surface area contributed by atoms with Gasteiger partial charge in [-0.15, -0.1) is 0 Å². The molecule has 1 aromatic carbocycles. The van der Waals surface area contributed by atoms with E-state index in [0.717, 1.165) is 24.6 Å². The second kappa shape index (κ2) is 6.30. The molecule has 2 rings (SSSR count). The average molecular weight is 330 g/mol. The standard InChI is InChI=1S/C14H14BrF2NO/c1-2-6-18-13(10-5-7-19-14(10)15)9-3-4-11(16)12(17)8-9/h3-5,7-8,13,18H,2,6H2,1H3. The number of furan rings is 1. The first kappa shape index (κ1) is 14.2. The summed E-state index contributed by atoms with van der Waals surface area (Å²) in [6.07, 6.45) is 2.50. The van der Waals surface area contributed by atoms with Crippen molar-refractivity contribution in [1.82, 2.24) is 5.32 Å². The molecule has 0 bridgehead atoms.